The molecule has 8 heteroatoms. The topological polar surface area (TPSA) is 106 Å². The van der Waals surface area contributed by atoms with Crippen molar-refractivity contribution in [3.8, 4) is 0 Å². The zero-order chi connectivity index (χ0) is 13.2. The minimum atomic E-state index is -0.591. The van der Waals surface area contributed by atoms with Gasteiger partial charge in [0.2, 0.25) is 0 Å². The Bertz CT molecular complexity index is 637. The number of hydrogen-bond acceptors (Lipinski definition) is 5. The zero-order valence-corrected chi connectivity index (χ0v) is 10.1. The van der Waals surface area contributed by atoms with Gasteiger partial charge in [-0.15, -0.1) is 0 Å². The summed E-state index contributed by atoms with van der Waals surface area (Å²) in [6.45, 7) is 0.371. The number of hydrogen-bond donors (Lipinski definition) is 2. The van der Waals surface area contributed by atoms with Gasteiger partial charge in [0, 0.05) is 19.2 Å². The van der Waals surface area contributed by atoms with Crippen molar-refractivity contribution >= 4 is 5.91 Å². The Kier molecular flexibility index (Phi) is 2.90. The fourth-order valence-electron chi connectivity index (χ4n) is 1.76. The van der Waals surface area contributed by atoms with Gasteiger partial charge in [-0.1, -0.05) is 5.16 Å². The molecule has 0 aliphatic heterocycles. The average Bonchev–Trinajstić information content (AvgIpc) is 2.97. The highest BCUT2D eigenvalue weighted by molar-refractivity contribution is 5.93. The Morgan fingerprint density at radius 3 is 3.11 bits per heavy atom. The van der Waals surface area contributed by atoms with Gasteiger partial charge in [-0.3, -0.25) is 19.0 Å². The van der Waals surface area contributed by atoms with Crippen molar-refractivity contribution in [2.75, 3.05) is 6.54 Å². The number of carbonyl (C=O) groups is 1. The fourth-order valence-corrected chi connectivity index (χ4v) is 1.76. The summed E-state index contributed by atoms with van der Waals surface area (Å²) in [6.07, 6.45) is 5.98. The summed E-state index contributed by atoms with van der Waals surface area (Å²) in [4.78, 5) is 24.9. The first-order valence-corrected chi connectivity index (χ1v) is 6.09. The molecule has 0 spiro atoms. The molecule has 0 saturated heterocycles. The highest BCUT2D eigenvalue weighted by atomic mass is 16.5. The van der Waals surface area contributed by atoms with E-state index < -0.39 is 5.76 Å². The maximum atomic E-state index is 11.8. The van der Waals surface area contributed by atoms with Gasteiger partial charge in [0.25, 0.3) is 5.91 Å². The van der Waals surface area contributed by atoms with Crippen molar-refractivity contribution in [2.45, 2.75) is 25.3 Å². The predicted octanol–water partition coefficient (Wildman–Crippen LogP) is -0.133. The van der Waals surface area contributed by atoms with Crippen LogP contribution in [-0.4, -0.2) is 32.4 Å². The Balaban J connectivity index is 1.51. The third-order valence-electron chi connectivity index (χ3n) is 2.92. The SMILES string of the molecule is O=C(NCCc1noc(=O)[nH]1)c1cnn(C2CC2)c1. The molecule has 1 amide bonds. The largest absolute Gasteiger partial charge is 0.438 e. The molecule has 0 radical (unpaired) electrons. The van der Waals surface area contributed by atoms with Crippen molar-refractivity contribution in [2.24, 2.45) is 0 Å². The second-order valence-corrected chi connectivity index (χ2v) is 4.49. The maximum Gasteiger partial charge on any atom is 0.438 e. The Labute approximate surface area is 107 Å². The maximum absolute atomic E-state index is 11.8. The Hall–Kier alpha value is -2.38. The monoisotopic (exact) mass is 263 g/mol. The van der Waals surface area contributed by atoms with Crippen LogP contribution in [0.3, 0.4) is 0 Å². The van der Waals surface area contributed by atoms with Crippen molar-refractivity contribution in [1.82, 2.24) is 25.2 Å². The standard InChI is InChI=1S/C11H13N5O3/c17-10(7-5-13-16(6-7)8-1-2-8)12-4-3-9-14-11(18)19-15-9/h5-6,8H,1-4H2,(H,12,17)(H,14,15,18). The molecule has 2 aromatic heterocycles. The zero-order valence-electron chi connectivity index (χ0n) is 10.1. The second kappa shape index (κ2) is 4.71. The molecule has 1 saturated carbocycles. The van der Waals surface area contributed by atoms with Gasteiger partial charge in [0.1, 0.15) is 0 Å². The van der Waals surface area contributed by atoms with Crippen molar-refractivity contribution in [3.63, 3.8) is 0 Å². The summed E-state index contributed by atoms with van der Waals surface area (Å²) in [6, 6.07) is 0.460. The van der Waals surface area contributed by atoms with E-state index in [0.717, 1.165) is 12.8 Å². The van der Waals surface area contributed by atoms with Crippen molar-refractivity contribution in [3.05, 3.63) is 34.3 Å². The summed E-state index contributed by atoms with van der Waals surface area (Å²) >= 11 is 0. The van der Waals surface area contributed by atoms with Crippen LogP contribution in [0.5, 0.6) is 0 Å². The van der Waals surface area contributed by atoms with E-state index in [4.69, 9.17) is 0 Å². The molecule has 100 valence electrons. The number of amides is 1. The van der Waals surface area contributed by atoms with E-state index in [9.17, 15) is 9.59 Å². The van der Waals surface area contributed by atoms with E-state index in [1.54, 1.807) is 12.4 Å². The number of rotatable bonds is 5. The average molecular weight is 263 g/mol. The van der Waals surface area contributed by atoms with Crippen LogP contribution in [0.2, 0.25) is 0 Å². The molecule has 19 heavy (non-hydrogen) atoms. The lowest BCUT2D eigenvalue weighted by Crippen LogP contribution is -2.25. The van der Waals surface area contributed by atoms with Gasteiger partial charge >= 0.3 is 5.76 Å². The van der Waals surface area contributed by atoms with E-state index in [0.29, 0.717) is 30.4 Å². The number of aromatic nitrogens is 4. The lowest BCUT2D eigenvalue weighted by Gasteiger charge is -2.00. The normalized spacial score (nSPS) is 14.5. The summed E-state index contributed by atoms with van der Waals surface area (Å²) in [7, 11) is 0. The molecule has 2 aromatic rings. The third kappa shape index (κ3) is 2.72. The van der Waals surface area contributed by atoms with Gasteiger partial charge in [-0.25, -0.2) is 4.79 Å². The molecule has 0 atom stereocenters. The van der Waals surface area contributed by atoms with Gasteiger partial charge in [0.15, 0.2) is 5.82 Å². The summed E-state index contributed by atoms with van der Waals surface area (Å²) < 4.78 is 6.18. The molecule has 1 aliphatic carbocycles. The second-order valence-electron chi connectivity index (χ2n) is 4.49. The third-order valence-corrected chi connectivity index (χ3v) is 2.92. The van der Waals surface area contributed by atoms with Crippen LogP contribution in [0, 0.1) is 0 Å². The highest BCUT2D eigenvalue weighted by Gasteiger charge is 2.24. The number of carbonyl (C=O) groups excluding carboxylic acids is 1. The molecular formula is C11H13N5O3. The Morgan fingerprint density at radius 1 is 1.58 bits per heavy atom. The Morgan fingerprint density at radius 2 is 2.42 bits per heavy atom. The summed E-state index contributed by atoms with van der Waals surface area (Å²) in [5.74, 6) is -0.358. The van der Waals surface area contributed by atoms with Crippen LogP contribution in [0.25, 0.3) is 0 Å². The van der Waals surface area contributed by atoms with Crippen LogP contribution >= 0.6 is 0 Å². The molecule has 0 aromatic carbocycles. The first kappa shape index (κ1) is 11.7. The number of aromatic amines is 1. The minimum Gasteiger partial charge on any atom is -0.351 e. The molecule has 0 unspecified atom stereocenters. The van der Waals surface area contributed by atoms with Gasteiger partial charge < -0.3 is 5.32 Å². The smallest absolute Gasteiger partial charge is 0.351 e. The van der Waals surface area contributed by atoms with E-state index in [1.165, 1.54) is 0 Å². The molecule has 1 aliphatic rings. The highest BCUT2D eigenvalue weighted by Crippen LogP contribution is 2.33. The van der Waals surface area contributed by atoms with E-state index in [1.807, 2.05) is 4.68 Å². The van der Waals surface area contributed by atoms with Crippen LogP contribution in [0.15, 0.2) is 21.7 Å². The first-order chi connectivity index (χ1) is 9.22. The number of nitrogens with zero attached hydrogens (tertiary/aromatic N) is 3. The minimum absolute atomic E-state index is 0.183. The van der Waals surface area contributed by atoms with Crippen LogP contribution < -0.4 is 11.1 Å². The lowest BCUT2D eigenvalue weighted by atomic mass is 10.3. The summed E-state index contributed by atoms with van der Waals surface area (Å²) in [5.41, 5.74) is 0.542. The van der Waals surface area contributed by atoms with Gasteiger partial charge in [-0.2, -0.15) is 5.10 Å². The molecule has 1 fully saturated rings. The molecular weight excluding hydrogens is 250 g/mol. The lowest BCUT2D eigenvalue weighted by molar-refractivity contribution is 0.0954. The quantitative estimate of drug-likeness (QED) is 0.781. The molecule has 2 heterocycles. The molecule has 8 nitrogen and oxygen atoms in total. The predicted molar refractivity (Wildman–Crippen MR) is 63.7 cm³/mol. The molecule has 3 rings (SSSR count). The molecule has 2 N–H and O–H groups in total. The summed E-state index contributed by atoms with van der Waals surface area (Å²) in [5, 5.41) is 10.4. The van der Waals surface area contributed by atoms with Crippen LogP contribution in [0.1, 0.15) is 35.1 Å². The number of nitrogens with one attached hydrogen (secondary N) is 2. The molecule has 0 bridgehead atoms. The van der Waals surface area contributed by atoms with Crippen LogP contribution in [0.4, 0.5) is 0 Å². The van der Waals surface area contributed by atoms with E-state index in [-0.39, 0.29) is 5.91 Å². The van der Waals surface area contributed by atoms with Gasteiger partial charge in [0.05, 0.1) is 17.8 Å². The fraction of sp³-hybridized carbons (Fsp3) is 0.455. The van der Waals surface area contributed by atoms with Crippen molar-refractivity contribution in [1.29, 1.82) is 0 Å². The van der Waals surface area contributed by atoms with Crippen LogP contribution in [-0.2, 0) is 6.42 Å². The first-order valence-electron chi connectivity index (χ1n) is 6.09. The van der Waals surface area contributed by atoms with Gasteiger partial charge in [-0.05, 0) is 12.8 Å². The number of H-pyrrole nitrogens is 1. The van der Waals surface area contributed by atoms with Crippen molar-refractivity contribution < 1.29 is 9.32 Å². The van der Waals surface area contributed by atoms with E-state index in [2.05, 4.69) is 25.1 Å². The van der Waals surface area contributed by atoms with E-state index >= 15 is 0 Å².